The van der Waals surface area contributed by atoms with Crippen LogP contribution in [0.15, 0.2) is 117 Å². The van der Waals surface area contributed by atoms with Crippen molar-refractivity contribution in [2.45, 2.75) is 53.2 Å². The number of nitriles is 1. The molecule has 3 aromatic heterocycles. The van der Waals surface area contributed by atoms with Gasteiger partial charge in [0.2, 0.25) is 16.9 Å². The first-order chi connectivity index (χ1) is 37.8. The Bertz CT molecular complexity index is 4700. The molecule has 0 radical (unpaired) electrons. The monoisotopic (exact) mass is 1250 g/mol. The maximum absolute atomic E-state index is 12.6. The quantitative estimate of drug-likeness (QED) is 0.0161. The van der Waals surface area contributed by atoms with E-state index in [1.165, 1.54) is 35.6 Å². The Kier molecular flexibility index (Phi) is 16.8. The number of aromatic nitrogens is 3. The first-order valence-electron chi connectivity index (χ1n) is 22.7. The lowest BCUT2D eigenvalue weighted by molar-refractivity contribution is -0.114. The maximum Gasteiger partial charge on any atom is 0.296 e. The Balaban J connectivity index is 1.23. The average Bonchev–Trinajstić information content (AvgIpc) is 2.60. The highest BCUT2D eigenvalue weighted by Gasteiger charge is 2.28. The Labute approximate surface area is 466 Å². The van der Waals surface area contributed by atoms with Gasteiger partial charge in [-0.05, 0) is 86.5 Å². The van der Waals surface area contributed by atoms with E-state index in [1.54, 1.807) is 31.2 Å². The van der Waals surface area contributed by atoms with Gasteiger partial charge in [-0.3, -0.25) is 32.0 Å². The van der Waals surface area contributed by atoms with E-state index in [0.29, 0.717) is 40.1 Å². The van der Waals surface area contributed by atoms with E-state index in [1.807, 2.05) is 0 Å². The number of amides is 1. The van der Waals surface area contributed by atoms with Crippen molar-refractivity contribution in [1.29, 1.82) is 5.26 Å². The number of aromatic hydroxyl groups is 1. The molecule has 0 aliphatic rings. The first-order valence-corrected chi connectivity index (χ1v) is 32.0. The number of hydrogen-bond acceptors (Lipinski definition) is 24. The Morgan fingerprint density at radius 3 is 2.05 bits per heavy atom. The molecule has 36 heteroatoms. The summed E-state index contributed by atoms with van der Waals surface area (Å²) in [5, 5.41) is 48.6. The van der Waals surface area contributed by atoms with Crippen LogP contribution in [0.2, 0.25) is 0 Å². The van der Waals surface area contributed by atoms with Crippen LogP contribution in [-0.4, -0.2) is 114 Å². The molecule has 7 N–H and O–H groups in total. The molecule has 0 fully saturated rings. The number of rotatable bonds is 20. The fourth-order valence-electron chi connectivity index (χ4n) is 7.86. The van der Waals surface area contributed by atoms with Gasteiger partial charge >= 0.3 is 0 Å². The third kappa shape index (κ3) is 13.6. The van der Waals surface area contributed by atoms with Gasteiger partial charge in [0.1, 0.15) is 49.8 Å². The number of hydrogen-bond donors (Lipinski definition) is 7. The van der Waals surface area contributed by atoms with Crippen molar-refractivity contribution in [3.05, 3.63) is 83.4 Å². The van der Waals surface area contributed by atoms with Crippen LogP contribution >= 0.6 is 23.1 Å². The smallest absolute Gasteiger partial charge is 0.296 e. The lowest BCUT2D eigenvalue weighted by Gasteiger charge is -2.13. The number of carbonyl (C=O) groups excluding carboxylic acids is 1. The molecular formula is C45H39N11O18S7. The number of azo groups is 3. The highest BCUT2D eigenvalue weighted by Crippen LogP contribution is 2.46. The van der Waals surface area contributed by atoms with E-state index in [2.05, 4.69) is 52.0 Å². The van der Waals surface area contributed by atoms with E-state index in [9.17, 15) is 80.0 Å². The highest BCUT2D eigenvalue weighted by atomic mass is 32.2. The van der Waals surface area contributed by atoms with Crippen LogP contribution in [0, 0.1) is 25.2 Å². The van der Waals surface area contributed by atoms with Crippen LogP contribution in [-0.2, 0) is 55.4 Å². The van der Waals surface area contributed by atoms with Crippen molar-refractivity contribution in [2.75, 3.05) is 29.2 Å². The molecule has 1 amide bonds. The zero-order chi connectivity index (χ0) is 59.1. The topological polar surface area (TPSA) is 459 Å². The molecule has 0 unspecified atom stereocenters. The first kappa shape index (κ1) is 59.6. The largest absolute Gasteiger partial charge is 0.493 e. The summed E-state index contributed by atoms with van der Waals surface area (Å²) in [5.74, 6) is -2.42. The van der Waals surface area contributed by atoms with Crippen molar-refractivity contribution in [3.63, 3.8) is 0 Å². The molecule has 0 spiro atoms. The predicted molar refractivity (Wildman–Crippen MR) is 293 cm³/mol. The lowest BCUT2D eigenvalue weighted by atomic mass is 10.1. The number of pyridine rings is 1. The van der Waals surface area contributed by atoms with Crippen molar-refractivity contribution in [1.82, 2.24) is 14.4 Å². The zero-order valence-corrected chi connectivity index (χ0v) is 47.2. The van der Waals surface area contributed by atoms with E-state index >= 15 is 0 Å². The number of carbonyl (C=O) groups is 1. The molecule has 0 bridgehead atoms. The maximum atomic E-state index is 12.6. The second kappa shape index (κ2) is 22.8. The minimum absolute atomic E-state index is 0.00327. The molecule has 8 aromatic rings. The number of anilines is 1. The molecule has 5 aromatic carbocycles. The summed E-state index contributed by atoms with van der Waals surface area (Å²) in [5.41, 5.74) is 1.02. The average molecular weight is 1250 g/mol. The predicted octanol–water partition coefficient (Wildman–Crippen LogP) is 9.42. The lowest BCUT2D eigenvalue weighted by Crippen LogP contribution is -2.08. The van der Waals surface area contributed by atoms with Gasteiger partial charge in [0, 0.05) is 34.2 Å². The number of imidazole rings is 1. The third-order valence-electron chi connectivity index (χ3n) is 11.4. The summed E-state index contributed by atoms with van der Waals surface area (Å²) >= 11 is 1.47. The van der Waals surface area contributed by atoms with Crippen LogP contribution in [0.4, 0.5) is 39.3 Å². The number of benzene rings is 5. The Hall–Kier alpha value is -7.54. The summed E-state index contributed by atoms with van der Waals surface area (Å²) in [7, 11) is -24.6. The van der Waals surface area contributed by atoms with Gasteiger partial charge in [-0.25, -0.2) is 9.97 Å². The summed E-state index contributed by atoms with van der Waals surface area (Å²) in [4.78, 5) is 18.3. The number of nitrogens with zero attached hydrogens (tertiary/aromatic N) is 10. The van der Waals surface area contributed by atoms with Crippen molar-refractivity contribution < 1.29 is 79.5 Å². The van der Waals surface area contributed by atoms with Crippen LogP contribution < -0.4 is 10.1 Å². The molecule has 424 valence electrons. The molecule has 0 aliphatic heterocycles. The van der Waals surface area contributed by atoms with E-state index in [4.69, 9.17) is 4.74 Å². The summed E-state index contributed by atoms with van der Waals surface area (Å²) in [6.45, 7) is 3.98. The van der Waals surface area contributed by atoms with Crippen molar-refractivity contribution in [2.24, 2.45) is 30.7 Å². The van der Waals surface area contributed by atoms with E-state index < -0.39 is 105 Å². The normalized spacial score (nSPS) is 13.0. The molecule has 3 heterocycles. The molecule has 0 saturated heterocycles. The molecule has 8 rings (SSSR count). The number of thiazole rings is 1. The molecule has 29 nitrogen and oxygen atoms in total. The number of fused-ring (bicyclic) bond motifs is 6. The standard InChI is InChI=1S/C45H39N11O18S7/c1-22-14-33(52-54-40-23(2)28(21-46)43-48-29-8-4-5-9-35(29)56(43)44(40)58)36(74-10-6-12-77(59,60)61)19-30(22)50-53-34-18-31(47-24(3)57)32(20-37(34)75-11-7-13-78(62,63)64)51-55-45-49-41-39(81(71,72)73)17-26-27(42(41)76-45)15-25(79(65,66)67)16-38(26)80(68,69)70/h4-5,8-9,14-20,58H,6-7,10-13H2,1-3H3,(H,47,57)(H,59,60,61)(H,62,63,64)(H,65,66,67)(H,68,69,70)(H,71,72,73). The van der Waals surface area contributed by atoms with Crippen LogP contribution in [0.25, 0.3) is 37.7 Å². The summed E-state index contributed by atoms with van der Waals surface area (Å²) in [6.07, 6.45) is -0.297. The molecule has 81 heavy (non-hydrogen) atoms. The third-order valence-corrected chi connectivity index (χ3v) is 17.7. The number of ether oxygens (including phenoxy) is 1. The van der Waals surface area contributed by atoms with Crippen molar-refractivity contribution >= 4 is 157 Å². The van der Waals surface area contributed by atoms with Gasteiger partial charge in [0.25, 0.3) is 50.6 Å². The zero-order valence-electron chi connectivity index (χ0n) is 41.5. The second-order valence-corrected chi connectivity index (χ2v) is 26.7. The number of aryl methyl sites for hydroxylation is 1. The second-order valence-electron chi connectivity index (χ2n) is 17.2. The Morgan fingerprint density at radius 2 is 1.40 bits per heavy atom. The molecule has 0 atom stereocenters. The number of thioether (sulfide) groups is 1. The molecule has 0 saturated carbocycles. The molecule has 0 aliphatic carbocycles. The molecular weight excluding hydrogens is 1210 g/mol. The highest BCUT2D eigenvalue weighted by molar-refractivity contribution is 7.99. The van der Waals surface area contributed by atoms with Gasteiger partial charge in [0.05, 0.1) is 50.1 Å². The fourth-order valence-corrected chi connectivity index (χ4v) is 13.0. The minimum Gasteiger partial charge on any atom is -0.493 e. The van der Waals surface area contributed by atoms with Gasteiger partial charge in [0.15, 0.2) is 11.3 Å². The fraction of sp³-hybridized carbons (Fsp3) is 0.200. The summed E-state index contributed by atoms with van der Waals surface area (Å²) in [6, 6.07) is 16.1. The Morgan fingerprint density at radius 1 is 0.741 bits per heavy atom. The van der Waals surface area contributed by atoms with E-state index in [-0.39, 0.29) is 96.8 Å². The van der Waals surface area contributed by atoms with Gasteiger partial charge in [-0.1, -0.05) is 23.5 Å². The summed E-state index contributed by atoms with van der Waals surface area (Å²) < 4.78 is 177. The van der Waals surface area contributed by atoms with Gasteiger partial charge < -0.3 is 15.2 Å². The minimum atomic E-state index is -5.34. The van der Waals surface area contributed by atoms with Crippen LogP contribution in [0.3, 0.4) is 0 Å². The number of para-hydroxylation sites is 2. The van der Waals surface area contributed by atoms with Crippen LogP contribution in [0.1, 0.15) is 36.5 Å². The van der Waals surface area contributed by atoms with E-state index in [0.717, 1.165) is 24.8 Å². The SMILES string of the molecule is CC(=O)Nc1cc(N=Nc2cc(OCCCS(=O)(=O)O)c(N=Nc3c(C)c(C#N)c4nc5ccccc5n4c3O)cc2C)c(SCCCS(=O)(=O)O)cc1N=Nc1nc2c(S(=O)(=O)O)cc3c(S(=O)(=O)O)cc(S(=O)(=O)O)cc3c2s1. The van der Waals surface area contributed by atoms with Crippen LogP contribution in [0.5, 0.6) is 11.6 Å². The van der Waals surface area contributed by atoms with Gasteiger partial charge in [-0.2, -0.15) is 52.5 Å². The number of nitrogens with one attached hydrogen (secondary N) is 1. The van der Waals surface area contributed by atoms with Gasteiger partial charge in [-0.15, -0.1) is 37.3 Å². The van der Waals surface area contributed by atoms with Crippen molar-refractivity contribution in [3.8, 4) is 17.7 Å².